The van der Waals surface area contributed by atoms with Gasteiger partial charge in [-0.1, -0.05) is 19.4 Å². The van der Waals surface area contributed by atoms with Crippen LogP contribution >= 0.6 is 0 Å². The van der Waals surface area contributed by atoms with Gasteiger partial charge < -0.3 is 20.3 Å². The van der Waals surface area contributed by atoms with Gasteiger partial charge in [-0.05, 0) is 39.5 Å². The van der Waals surface area contributed by atoms with Crippen LogP contribution in [0.2, 0.25) is 0 Å². The van der Waals surface area contributed by atoms with Crippen LogP contribution in [0.4, 0.5) is 4.79 Å². The van der Waals surface area contributed by atoms with Crippen molar-refractivity contribution in [3.63, 3.8) is 0 Å². The van der Waals surface area contributed by atoms with Gasteiger partial charge in [0.1, 0.15) is 11.9 Å². The van der Waals surface area contributed by atoms with E-state index >= 15 is 0 Å². The second-order valence-corrected chi connectivity index (χ2v) is 6.71. The predicted octanol–water partition coefficient (Wildman–Crippen LogP) is 2.24. The van der Waals surface area contributed by atoms with Crippen LogP contribution in [0.15, 0.2) is 11.3 Å². The Kier molecular flexibility index (Phi) is 7.25. The molecule has 24 heavy (non-hydrogen) atoms. The number of rotatable bonds is 5. The molecule has 3 N–H and O–H groups in total. The normalized spacial score (nSPS) is 18.1. The van der Waals surface area contributed by atoms with Gasteiger partial charge in [-0.15, -0.1) is 0 Å². The third kappa shape index (κ3) is 4.97. The fourth-order valence-corrected chi connectivity index (χ4v) is 2.62. The number of methoxy groups -OCH3 is 1. The maximum Gasteiger partial charge on any atom is 0.407 e. The van der Waals surface area contributed by atoms with Crippen molar-refractivity contribution >= 4 is 17.8 Å². The fourth-order valence-electron chi connectivity index (χ4n) is 2.62. The van der Waals surface area contributed by atoms with Crippen LogP contribution in [0.5, 0.6) is 0 Å². The summed E-state index contributed by atoms with van der Waals surface area (Å²) >= 11 is 0. The number of hydrogen-bond donors (Lipinski definition) is 3. The number of likely N-dealkylation sites (tertiary alicyclic amines) is 1. The average molecular weight is 338 g/mol. The van der Waals surface area contributed by atoms with Crippen molar-refractivity contribution in [2.75, 3.05) is 13.7 Å². The van der Waals surface area contributed by atoms with E-state index in [0.29, 0.717) is 12.4 Å². The van der Waals surface area contributed by atoms with Crippen molar-refractivity contribution in [2.24, 2.45) is 5.92 Å². The Labute approximate surface area is 144 Å². The van der Waals surface area contributed by atoms with E-state index in [1.165, 1.54) is 7.11 Å². The Morgan fingerprint density at radius 2 is 1.88 bits per heavy atom. The molecule has 0 aliphatic carbocycles. The molecule has 0 aromatic carbocycles. The second-order valence-electron chi connectivity index (χ2n) is 6.71. The molecule has 0 aromatic rings. The summed E-state index contributed by atoms with van der Waals surface area (Å²) < 4.78 is 4.62. The molecule has 1 aliphatic heterocycles. The van der Waals surface area contributed by atoms with E-state index in [1.807, 2.05) is 34.6 Å². The molecule has 7 nitrogen and oxygen atoms in total. The quantitative estimate of drug-likeness (QED) is 0.529. The van der Waals surface area contributed by atoms with Gasteiger partial charge in [0.25, 0.3) is 0 Å². The Morgan fingerprint density at radius 1 is 1.25 bits per heavy atom. The van der Waals surface area contributed by atoms with Gasteiger partial charge in [0.2, 0.25) is 5.91 Å². The monoisotopic (exact) mass is 338 g/mol. The van der Waals surface area contributed by atoms with E-state index in [9.17, 15) is 9.59 Å². The maximum atomic E-state index is 12.9. The fraction of sp³-hybridized carbons (Fsp3) is 0.706. The van der Waals surface area contributed by atoms with Crippen LogP contribution in [-0.2, 0) is 9.53 Å². The van der Waals surface area contributed by atoms with Crippen molar-refractivity contribution < 1.29 is 14.3 Å². The predicted molar refractivity (Wildman–Crippen MR) is 93.8 cm³/mol. The zero-order valence-electron chi connectivity index (χ0n) is 15.5. The summed E-state index contributed by atoms with van der Waals surface area (Å²) in [6.07, 6.45) is 0.972. The number of carbonyl (C=O) groups is 2. The van der Waals surface area contributed by atoms with Crippen molar-refractivity contribution in [3.05, 3.63) is 11.3 Å². The number of ether oxygens (including phenoxy) is 1. The summed E-state index contributed by atoms with van der Waals surface area (Å²) in [6, 6.07) is -0.942. The number of nitrogens with one attached hydrogen (secondary N) is 3. The van der Waals surface area contributed by atoms with Crippen molar-refractivity contribution in [3.8, 4) is 0 Å². The second kappa shape index (κ2) is 8.70. The molecule has 7 heteroatoms. The van der Waals surface area contributed by atoms with Gasteiger partial charge in [-0.2, -0.15) is 0 Å². The molecule has 0 radical (unpaired) electrons. The minimum atomic E-state index is -0.657. The molecule has 0 unspecified atom stereocenters. The first-order valence-corrected chi connectivity index (χ1v) is 8.33. The van der Waals surface area contributed by atoms with Crippen LogP contribution in [0.25, 0.3) is 0 Å². The van der Waals surface area contributed by atoms with Gasteiger partial charge in [-0.25, -0.2) is 4.79 Å². The molecule has 1 heterocycles. The number of hydrogen-bond acceptors (Lipinski definition) is 4. The highest BCUT2D eigenvalue weighted by Crippen LogP contribution is 2.21. The lowest BCUT2D eigenvalue weighted by molar-refractivity contribution is -0.134. The number of carbonyl (C=O) groups excluding carboxylic acids is 2. The molecule has 0 saturated carbocycles. The first kappa shape index (κ1) is 20.0. The summed E-state index contributed by atoms with van der Waals surface area (Å²) in [5.74, 6) is 0.0824. The number of amidine groups is 1. The molecule has 0 aromatic heterocycles. The van der Waals surface area contributed by atoms with E-state index < -0.39 is 12.1 Å². The Morgan fingerprint density at radius 3 is 2.38 bits per heavy atom. The highest BCUT2D eigenvalue weighted by Gasteiger charge is 2.37. The zero-order valence-corrected chi connectivity index (χ0v) is 15.5. The average Bonchev–Trinajstić information content (AvgIpc) is 3.00. The third-order valence-corrected chi connectivity index (χ3v) is 4.33. The third-order valence-electron chi connectivity index (χ3n) is 4.33. The molecular formula is C17H30N4O3. The van der Waals surface area contributed by atoms with Gasteiger partial charge in [0.15, 0.2) is 0 Å². The van der Waals surface area contributed by atoms with E-state index in [1.54, 1.807) is 4.90 Å². The first-order valence-electron chi connectivity index (χ1n) is 8.33. The molecule has 1 saturated heterocycles. The van der Waals surface area contributed by atoms with Crippen LogP contribution < -0.4 is 10.6 Å². The van der Waals surface area contributed by atoms with E-state index in [-0.39, 0.29) is 17.9 Å². The highest BCUT2D eigenvalue weighted by molar-refractivity contribution is 5.93. The van der Waals surface area contributed by atoms with Gasteiger partial charge in [-0.3, -0.25) is 10.2 Å². The molecular weight excluding hydrogens is 308 g/mol. The number of alkyl carbamates (subject to hydrolysis) is 1. The van der Waals surface area contributed by atoms with Crippen molar-refractivity contribution in [1.82, 2.24) is 15.5 Å². The van der Waals surface area contributed by atoms with Crippen LogP contribution in [0, 0.1) is 11.3 Å². The summed E-state index contributed by atoms with van der Waals surface area (Å²) in [5.41, 5.74) is 2.02. The minimum absolute atomic E-state index is 0.0699. The van der Waals surface area contributed by atoms with Gasteiger partial charge in [0, 0.05) is 12.2 Å². The Bertz CT molecular complexity index is 524. The van der Waals surface area contributed by atoms with Gasteiger partial charge in [0.05, 0.1) is 13.2 Å². The molecule has 2 amide bonds. The lowest BCUT2D eigenvalue weighted by Crippen LogP contribution is -2.55. The molecule has 2 atom stereocenters. The molecule has 136 valence electrons. The summed E-state index contributed by atoms with van der Waals surface area (Å²) in [4.78, 5) is 26.1. The van der Waals surface area contributed by atoms with E-state index in [0.717, 1.165) is 24.1 Å². The Balaban J connectivity index is 2.89. The summed E-state index contributed by atoms with van der Waals surface area (Å²) in [7, 11) is 1.28. The standard InChI is InChI=1S/C17H30N4O3/c1-10(2)12(5)19-15(18)13-8-7-9-21(13)16(22)14(11(3)4)20-17(23)24-6/h11,13-14H,7-9H2,1-6H3,(H2,18,19)(H,20,23)/t13-,14-/m0/s1. The van der Waals surface area contributed by atoms with Crippen LogP contribution in [-0.4, -0.2) is 48.5 Å². The molecule has 1 rings (SSSR count). The summed E-state index contributed by atoms with van der Waals surface area (Å²) in [6.45, 7) is 10.2. The molecule has 1 fully saturated rings. The number of nitrogens with zero attached hydrogens (tertiary/aromatic N) is 1. The zero-order chi connectivity index (χ0) is 18.4. The largest absolute Gasteiger partial charge is 0.453 e. The van der Waals surface area contributed by atoms with E-state index in [4.69, 9.17) is 5.41 Å². The topological polar surface area (TPSA) is 94.5 Å². The van der Waals surface area contributed by atoms with E-state index in [2.05, 4.69) is 15.4 Å². The van der Waals surface area contributed by atoms with Crippen molar-refractivity contribution in [1.29, 1.82) is 5.41 Å². The van der Waals surface area contributed by atoms with Crippen molar-refractivity contribution in [2.45, 2.75) is 59.5 Å². The number of allylic oxidation sites excluding steroid dienone is 2. The van der Waals surface area contributed by atoms with Crippen LogP contribution in [0.1, 0.15) is 47.5 Å². The molecule has 0 bridgehead atoms. The molecule has 0 spiro atoms. The Hall–Kier alpha value is -2.05. The first-order chi connectivity index (χ1) is 11.2. The SMILES string of the molecule is COC(=O)N[C@H](C(=O)N1CCC[C@H]1C(=N)NC(C)=C(C)C)C(C)C. The summed E-state index contributed by atoms with van der Waals surface area (Å²) in [5, 5.41) is 14.0. The number of amides is 2. The van der Waals surface area contributed by atoms with Gasteiger partial charge >= 0.3 is 6.09 Å². The highest BCUT2D eigenvalue weighted by atomic mass is 16.5. The lowest BCUT2D eigenvalue weighted by atomic mass is 10.0. The van der Waals surface area contributed by atoms with Crippen LogP contribution in [0.3, 0.4) is 0 Å². The smallest absolute Gasteiger partial charge is 0.407 e. The lowest BCUT2D eigenvalue weighted by Gasteiger charge is -2.31. The minimum Gasteiger partial charge on any atom is -0.453 e. The maximum absolute atomic E-state index is 12.9. The molecule has 1 aliphatic rings.